The van der Waals surface area contributed by atoms with Gasteiger partial charge >= 0.3 is 0 Å². The molecular formula is C23H28N2O4S. The smallest absolute Gasteiger partial charge is 0.240 e. The van der Waals surface area contributed by atoms with Gasteiger partial charge in [-0.3, -0.25) is 9.69 Å². The second kappa shape index (κ2) is 8.59. The highest BCUT2D eigenvalue weighted by atomic mass is 32.2. The number of fused-ring (bicyclic) bond motifs is 1. The third-order valence-corrected chi connectivity index (χ3v) is 7.94. The van der Waals surface area contributed by atoms with Crippen molar-refractivity contribution >= 4 is 15.8 Å². The number of Topliss-reactive ketones (excluding diaryl/α,β-unsaturated/α-hetero) is 1. The Labute approximate surface area is 178 Å². The number of aliphatic hydroxyl groups is 1. The van der Waals surface area contributed by atoms with Crippen LogP contribution in [0.3, 0.4) is 0 Å². The van der Waals surface area contributed by atoms with Crippen LogP contribution in [0.4, 0.5) is 0 Å². The van der Waals surface area contributed by atoms with E-state index in [0.717, 1.165) is 32.4 Å². The standard InChI is InChI=1S/C23H28N2O4S/c1-24-30(28,29)20-8-6-16(7-9-20)23(27)17-10-12-25(13-11-17)21-14-18-4-2-3-5-19(18)15-22(21)26/h2-9,17,21-22,24,26H,10-15H2,1H3. The van der Waals surface area contributed by atoms with Gasteiger partial charge in [0, 0.05) is 23.9 Å². The number of hydrogen-bond acceptors (Lipinski definition) is 5. The second-order valence-corrected chi connectivity index (χ2v) is 10.1. The van der Waals surface area contributed by atoms with Gasteiger partial charge in [-0.1, -0.05) is 36.4 Å². The van der Waals surface area contributed by atoms with E-state index in [1.54, 1.807) is 12.1 Å². The van der Waals surface area contributed by atoms with E-state index in [4.69, 9.17) is 0 Å². The van der Waals surface area contributed by atoms with Crippen LogP contribution in [0.5, 0.6) is 0 Å². The molecule has 1 fully saturated rings. The van der Waals surface area contributed by atoms with E-state index < -0.39 is 10.0 Å². The van der Waals surface area contributed by atoms with Crippen molar-refractivity contribution in [3.8, 4) is 0 Å². The van der Waals surface area contributed by atoms with Crippen LogP contribution in [0.25, 0.3) is 0 Å². The van der Waals surface area contributed by atoms with Crippen molar-refractivity contribution in [3.63, 3.8) is 0 Å². The van der Waals surface area contributed by atoms with Crippen LogP contribution in [0.2, 0.25) is 0 Å². The van der Waals surface area contributed by atoms with Gasteiger partial charge in [-0.2, -0.15) is 0 Å². The molecule has 2 aromatic rings. The van der Waals surface area contributed by atoms with Gasteiger partial charge in [-0.05, 0) is 62.7 Å². The summed E-state index contributed by atoms with van der Waals surface area (Å²) >= 11 is 0. The summed E-state index contributed by atoms with van der Waals surface area (Å²) in [5, 5.41) is 10.7. The summed E-state index contributed by atoms with van der Waals surface area (Å²) in [6.07, 6.45) is 2.65. The van der Waals surface area contributed by atoms with Gasteiger partial charge in [-0.25, -0.2) is 13.1 Å². The fraction of sp³-hybridized carbons (Fsp3) is 0.435. The largest absolute Gasteiger partial charge is 0.391 e. The molecule has 4 rings (SSSR count). The van der Waals surface area contributed by atoms with Crippen molar-refractivity contribution in [2.45, 2.75) is 42.7 Å². The summed E-state index contributed by atoms with van der Waals surface area (Å²) in [7, 11) is -2.14. The first-order valence-corrected chi connectivity index (χ1v) is 11.9. The lowest BCUT2D eigenvalue weighted by Crippen LogP contribution is -2.51. The van der Waals surface area contributed by atoms with Crippen LogP contribution in [0.15, 0.2) is 53.4 Å². The van der Waals surface area contributed by atoms with E-state index in [2.05, 4.69) is 21.8 Å². The molecule has 0 saturated carbocycles. The Morgan fingerprint density at radius 3 is 2.20 bits per heavy atom. The Kier molecular flexibility index (Phi) is 6.06. The average Bonchev–Trinajstić information content (AvgIpc) is 2.78. The molecule has 0 spiro atoms. The Morgan fingerprint density at radius 2 is 1.60 bits per heavy atom. The predicted molar refractivity (Wildman–Crippen MR) is 115 cm³/mol. The summed E-state index contributed by atoms with van der Waals surface area (Å²) in [5.41, 5.74) is 3.09. The van der Waals surface area contributed by atoms with Crippen molar-refractivity contribution in [2.24, 2.45) is 5.92 Å². The lowest BCUT2D eigenvalue weighted by molar-refractivity contribution is 0.0239. The maximum atomic E-state index is 12.9. The van der Waals surface area contributed by atoms with E-state index in [-0.39, 0.29) is 28.7 Å². The number of rotatable bonds is 5. The first kappa shape index (κ1) is 21.2. The molecule has 160 valence electrons. The van der Waals surface area contributed by atoms with Crippen molar-refractivity contribution in [1.82, 2.24) is 9.62 Å². The fourth-order valence-corrected chi connectivity index (χ4v) is 5.43. The molecule has 30 heavy (non-hydrogen) atoms. The van der Waals surface area contributed by atoms with Crippen molar-refractivity contribution in [3.05, 3.63) is 65.2 Å². The molecule has 1 aliphatic carbocycles. The number of benzene rings is 2. The second-order valence-electron chi connectivity index (χ2n) is 8.22. The van der Waals surface area contributed by atoms with Gasteiger partial charge in [0.1, 0.15) is 0 Å². The Morgan fingerprint density at radius 1 is 1.00 bits per heavy atom. The number of piperidine rings is 1. The highest BCUT2D eigenvalue weighted by Gasteiger charge is 2.35. The first-order chi connectivity index (χ1) is 14.4. The van der Waals surface area contributed by atoms with Gasteiger partial charge in [0.25, 0.3) is 0 Å². The molecule has 1 aliphatic heterocycles. The van der Waals surface area contributed by atoms with Crippen LogP contribution in [0, 0.1) is 5.92 Å². The first-order valence-electron chi connectivity index (χ1n) is 10.5. The number of nitrogens with zero attached hydrogens (tertiary/aromatic N) is 1. The van der Waals surface area contributed by atoms with E-state index >= 15 is 0 Å². The van der Waals surface area contributed by atoms with Crippen molar-refractivity contribution < 1.29 is 18.3 Å². The molecule has 6 nitrogen and oxygen atoms in total. The van der Waals surface area contributed by atoms with Crippen molar-refractivity contribution in [1.29, 1.82) is 0 Å². The summed E-state index contributed by atoms with van der Waals surface area (Å²) in [5.74, 6) is -0.00128. The maximum Gasteiger partial charge on any atom is 0.240 e. The summed E-state index contributed by atoms with van der Waals surface area (Å²) < 4.78 is 26.0. The minimum absolute atomic E-state index is 0.0672. The molecule has 2 atom stereocenters. The molecule has 0 bridgehead atoms. The fourth-order valence-electron chi connectivity index (χ4n) is 4.70. The summed E-state index contributed by atoms with van der Waals surface area (Å²) in [4.78, 5) is 15.4. The summed E-state index contributed by atoms with van der Waals surface area (Å²) in [6.45, 7) is 1.57. The van der Waals surface area contributed by atoms with Crippen LogP contribution in [-0.2, 0) is 22.9 Å². The molecule has 1 saturated heterocycles. The molecule has 0 radical (unpaired) electrons. The molecule has 1 heterocycles. The number of carbonyl (C=O) groups excluding carboxylic acids is 1. The minimum Gasteiger partial charge on any atom is -0.391 e. The quantitative estimate of drug-likeness (QED) is 0.712. The molecule has 2 unspecified atom stereocenters. The van der Waals surface area contributed by atoms with Crippen LogP contribution in [0.1, 0.15) is 34.3 Å². The Bertz CT molecular complexity index is 1010. The van der Waals surface area contributed by atoms with Gasteiger partial charge in [-0.15, -0.1) is 0 Å². The highest BCUT2D eigenvalue weighted by molar-refractivity contribution is 7.89. The number of aliphatic hydroxyl groups excluding tert-OH is 1. The molecule has 0 aromatic heterocycles. The zero-order chi connectivity index (χ0) is 21.3. The highest BCUT2D eigenvalue weighted by Crippen LogP contribution is 2.29. The average molecular weight is 429 g/mol. The van der Waals surface area contributed by atoms with Gasteiger partial charge in [0.05, 0.1) is 11.0 Å². The third kappa shape index (κ3) is 4.21. The SMILES string of the molecule is CNS(=O)(=O)c1ccc(C(=O)C2CCN(C3Cc4ccccc4CC3O)CC2)cc1. The Balaban J connectivity index is 1.38. The minimum atomic E-state index is -3.50. The number of carbonyl (C=O) groups is 1. The third-order valence-electron chi connectivity index (χ3n) is 6.51. The van der Waals surface area contributed by atoms with Crippen LogP contribution >= 0.6 is 0 Å². The lowest BCUT2D eigenvalue weighted by Gasteiger charge is -2.41. The van der Waals surface area contributed by atoms with Crippen molar-refractivity contribution in [2.75, 3.05) is 20.1 Å². The van der Waals surface area contributed by atoms with E-state index in [1.165, 1.54) is 30.3 Å². The van der Waals surface area contributed by atoms with Gasteiger partial charge in [0.2, 0.25) is 10.0 Å². The Hall–Kier alpha value is -2.06. The zero-order valence-electron chi connectivity index (χ0n) is 17.1. The molecule has 2 aromatic carbocycles. The zero-order valence-corrected chi connectivity index (χ0v) is 17.9. The topological polar surface area (TPSA) is 86.7 Å². The maximum absolute atomic E-state index is 12.9. The van der Waals surface area contributed by atoms with E-state index in [1.807, 2.05) is 12.1 Å². The van der Waals surface area contributed by atoms with E-state index in [0.29, 0.717) is 12.0 Å². The summed E-state index contributed by atoms with van der Waals surface area (Å²) in [6, 6.07) is 14.5. The van der Waals surface area contributed by atoms with Gasteiger partial charge < -0.3 is 5.11 Å². The molecular weight excluding hydrogens is 400 g/mol. The molecule has 7 heteroatoms. The molecule has 2 aliphatic rings. The normalized spacial score (nSPS) is 23.1. The number of likely N-dealkylation sites (tertiary alicyclic amines) is 1. The van der Waals surface area contributed by atoms with Crippen LogP contribution < -0.4 is 4.72 Å². The number of nitrogens with one attached hydrogen (secondary N) is 1. The lowest BCUT2D eigenvalue weighted by atomic mass is 9.83. The van der Waals surface area contributed by atoms with Crippen LogP contribution in [-0.4, -0.2) is 56.5 Å². The number of ketones is 1. The molecule has 2 N–H and O–H groups in total. The number of sulfonamides is 1. The number of hydrogen-bond donors (Lipinski definition) is 2. The predicted octanol–water partition coefficient (Wildman–Crippen LogP) is 2.02. The van der Waals surface area contributed by atoms with Gasteiger partial charge in [0.15, 0.2) is 5.78 Å². The molecule has 0 amide bonds. The monoisotopic (exact) mass is 428 g/mol. The van der Waals surface area contributed by atoms with E-state index in [9.17, 15) is 18.3 Å².